The molecule has 0 N–H and O–H groups in total. The van der Waals surface area contributed by atoms with Crippen LogP contribution in [0.5, 0.6) is 0 Å². The predicted molar refractivity (Wildman–Crippen MR) is 134 cm³/mol. The fraction of sp³-hybridized carbons (Fsp3) is 0.552. The molecule has 2 aromatic rings. The zero-order valence-electron chi connectivity index (χ0n) is 20.2. The third kappa shape index (κ3) is 5.85. The summed E-state index contributed by atoms with van der Waals surface area (Å²) in [4.78, 5) is 20.8. The van der Waals surface area contributed by atoms with E-state index >= 15 is 0 Å². The standard InChI is InChI=1S/C29H39N3O/c1-30-16-6-11-27(30)14-18-32(21-23-7-3-2-4-8-23)29(33)19-25-9-5-10-26-22-31(17-15-28(25)26)20-24-12-13-24/h2-5,7-10,24,27H,6,11-22H2,1H3. The molecule has 0 bridgehead atoms. The molecule has 1 unspecified atom stereocenters. The van der Waals surface area contributed by atoms with Crippen molar-refractivity contribution in [3.8, 4) is 0 Å². The Bertz CT molecular complexity index is 939. The monoisotopic (exact) mass is 445 g/mol. The van der Waals surface area contributed by atoms with Crippen LogP contribution in [0.4, 0.5) is 0 Å². The second-order valence-corrected chi connectivity index (χ2v) is 10.5. The van der Waals surface area contributed by atoms with Gasteiger partial charge in [-0.15, -0.1) is 0 Å². The number of rotatable bonds is 9. The lowest BCUT2D eigenvalue weighted by atomic mass is 9.92. The van der Waals surface area contributed by atoms with E-state index in [0.29, 0.717) is 19.0 Å². The lowest BCUT2D eigenvalue weighted by molar-refractivity contribution is -0.131. The first-order valence-corrected chi connectivity index (χ1v) is 13.0. The van der Waals surface area contributed by atoms with Gasteiger partial charge in [-0.1, -0.05) is 48.5 Å². The van der Waals surface area contributed by atoms with Crippen LogP contribution >= 0.6 is 0 Å². The average Bonchev–Trinajstić information content (AvgIpc) is 3.55. The number of hydrogen-bond donors (Lipinski definition) is 0. The summed E-state index contributed by atoms with van der Waals surface area (Å²) in [5.41, 5.74) is 5.35. The summed E-state index contributed by atoms with van der Waals surface area (Å²) >= 11 is 0. The Balaban J connectivity index is 1.27. The summed E-state index contributed by atoms with van der Waals surface area (Å²) in [6.45, 7) is 6.17. The van der Waals surface area contributed by atoms with Gasteiger partial charge in [0.2, 0.25) is 5.91 Å². The maximum Gasteiger partial charge on any atom is 0.227 e. The highest BCUT2D eigenvalue weighted by Crippen LogP contribution is 2.32. The summed E-state index contributed by atoms with van der Waals surface area (Å²) in [6, 6.07) is 17.7. The molecular formula is C29H39N3O. The van der Waals surface area contributed by atoms with Crippen LogP contribution in [0.15, 0.2) is 48.5 Å². The molecule has 1 amide bonds. The first-order valence-electron chi connectivity index (χ1n) is 13.0. The van der Waals surface area contributed by atoms with Gasteiger partial charge in [0.1, 0.15) is 0 Å². The van der Waals surface area contributed by atoms with Crippen molar-refractivity contribution in [1.29, 1.82) is 0 Å². The van der Waals surface area contributed by atoms with E-state index < -0.39 is 0 Å². The summed E-state index contributed by atoms with van der Waals surface area (Å²) in [5.74, 6) is 1.20. The minimum atomic E-state index is 0.272. The van der Waals surface area contributed by atoms with Gasteiger partial charge < -0.3 is 9.80 Å². The van der Waals surface area contributed by atoms with Gasteiger partial charge in [-0.05, 0) is 80.3 Å². The topological polar surface area (TPSA) is 26.8 Å². The van der Waals surface area contributed by atoms with Gasteiger partial charge in [0.25, 0.3) is 0 Å². The molecule has 1 saturated heterocycles. The second kappa shape index (κ2) is 10.4. The van der Waals surface area contributed by atoms with Crippen molar-refractivity contribution >= 4 is 5.91 Å². The van der Waals surface area contributed by atoms with E-state index in [2.05, 4.69) is 64.2 Å². The van der Waals surface area contributed by atoms with Crippen molar-refractivity contribution < 1.29 is 4.79 Å². The zero-order chi connectivity index (χ0) is 22.6. The quantitative estimate of drug-likeness (QED) is 0.568. The number of likely N-dealkylation sites (tertiary alicyclic amines) is 1. The van der Waals surface area contributed by atoms with E-state index in [1.165, 1.54) is 61.0 Å². The van der Waals surface area contributed by atoms with E-state index in [4.69, 9.17) is 0 Å². The van der Waals surface area contributed by atoms with Gasteiger partial charge in [0, 0.05) is 38.8 Å². The number of nitrogens with zero attached hydrogens (tertiary/aromatic N) is 3. The van der Waals surface area contributed by atoms with Crippen molar-refractivity contribution in [2.24, 2.45) is 5.92 Å². The summed E-state index contributed by atoms with van der Waals surface area (Å²) < 4.78 is 0. The highest BCUT2D eigenvalue weighted by molar-refractivity contribution is 5.79. The minimum Gasteiger partial charge on any atom is -0.338 e. The smallest absolute Gasteiger partial charge is 0.227 e. The second-order valence-electron chi connectivity index (χ2n) is 10.5. The summed E-state index contributed by atoms with van der Waals surface area (Å²) in [5, 5.41) is 0. The number of carbonyl (C=O) groups is 1. The zero-order valence-corrected chi connectivity index (χ0v) is 20.2. The molecule has 1 saturated carbocycles. The molecule has 3 aliphatic rings. The Morgan fingerprint density at radius 2 is 1.88 bits per heavy atom. The molecule has 4 heteroatoms. The Morgan fingerprint density at radius 1 is 1.03 bits per heavy atom. The Labute approximate surface area is 199 Å². The van der Waals surface area contributed by atoms with E-state index in [1.807, 2.05) is 6.07 Å². The molecule has 0 spiro atoms. The Hall–Kier alpha value is -2.17. The van der Waals surface area contributed by atoms with Crippen molar-refractivity contribution in [3.63, 3.8) is 0 Å². The van der Waals surface area contributed by atoms with Crippen LogP contribution in [-0.4, -0.2) is 59.9 Å². The first-order chi connectivity index (χ1) is 16.2. The summed E-state index contributed by atoms with van der Waals surface area (Å²) in [6.07, 6.45) is 8.03. The number of benzene rings is 2. The van der Waals surface area contributed by atoms with Gasteiger partial charge in [-0.2, -0.15) is 0 Å². The Kier molecular flexibility index (Phi) is 7.13. The van der Waals surface area contributed by atoms with Crippen molar-refractivity contribution in [2.45, 2.75) is 64.1 Å². The van der Waals surface area contributed by atoms with E-state index in [1.54, 1.807) is 0 Å². The molecule has 4 nitrogen and oxygen atoms in total. The highest BCUT2D eigenvalue weighted by atomic mass is 16.2. The number of fused-ring (bicyclic) bond motifs is 1. The van der Waals surface area contributed by atoms with Crippen LogP contribution < -0.4 is 0 Å². The van der Waals surface area contributed by atoms with Crippen LogP contribution in [0, 0.1) is 5.92 Å². The SMILES string of the molecule is CN1CCCC1CCN(Cc1ccccc1)C(=O)Cc1cccc2c1CCN(CC1CC1)C2. The minimum absolute atomic E-state index is 0.272. The largest absolute Gasteiger partial charge is 0.338 e. The third-order valence-corrected chi connectivity index (χ3v) is 7.97. The molecule has 2 aromatic carbocycles. The van der Waals surface area contributed by atoms with Crippen LogP contribution in [0.25, 0.3) is 0 Å². The van der Waals surface area contributed by atoms with E-state index in [0.717, 1.165) is 38.4 Å². The Morgan fingerprint density at radius 3 is 2.64 bits per heavy atom. The molecule has 1 aliphatic carbocycles. The molecule has 176 valence electrons. The fourth-order valence-electron chi connectivity index (χ4n) is 5.75. The maximum absolute atomic E-state index is 13.6. The number of amides is 1. The number of carbonyl (C=O) groups excluding carboxylic acids is 1. The average molecular weight is 446 g/mol. The molecule has 0 radical (unpaired) electrons. The van der Waals surface area contributed by atoms with Crippen molar-refractivity contribution in [1.82, 2.24) is 14.7 Å². The van der Waals surface area contributed by atoms with Gasteiger partial charge in [0.15, 0.2) is 0 Å². The maximum atomic E-state index is 13.6. The van der Waals surface area contributed by atoms with E-state index in [9.17, 15) is 4.79 Å². The van der Waals surface area contributed by atoms with Gasteiger partial charge in [-0.3, -0.25) is 9.69 Å². The molecule has 1 atom stereocenters. The molecule has 0 aromatic heterocycles. The van der Waals surface area contributed by atoms with Gasteiger partial charge in [-0.25, -0.2) is 0 Å². The molecule has 2 heterocycles. The molecule has 5 rings (SSSR count). The molecule has 2 fully saturated rings. The molecule has 2 aliphatic heterocycles. The normalized spacial score (nSPS) is 21.2. The number of hydrogen-bond acceptors (Lipinski definition) is 3. The van der Waals surface area contributed by atoms with E-state index in [-0.39, 0.29) is 5.91 Å². The highest BCUT2D eigenvalue weighted by Gasteiger charge is 2.28. The summed E-state index contributed by atoms with van der Waals surface area (Å²) in [7, 11) is 2.23. The van der Waals surface area contributed by atoms with Crippen LogP contribution in [0.3, 0.4) is 0 Å². The first kappa shape index (κ1) is 22.6. The van der Waals surface area contributed by atoms with Crippen LogP contribution in [-0.2, 0) is 30.7 Å². The predicted octanol–water partition coefficient (Wildman–Crippen LogP) is 4.51. The van der Waals surface area contributed by atoms with Crippen LogP contribution in [0.2, 0.25) is 0 Å². The molecule has 33 heavy (non-hydrogen) atoms. The lowest BCUT2D eigenvalue weighted by Crippen LogP contribution is -2.37. The lowest BCUT2D eigenvalue weighted by Gasteiger charge is -2.31. The third-order valence-electron chi connectivity index (χ3n) is 7.97. The fourth-order valence-corrected chi connectivity index (χ4v) is 5.75. The van der Waals surface area contributed by atoms with Crippen LogP contribution in [0.1, 0.15) is 54.4 Å². The van der Waals surface area contributed by atoms with Crippen molar-refractivity contribution in [3.05, 3.63) is 70.8 Å². The van der Waals surface area contributed by atoms with Crippen molar-refractivity contribution in [2.75, 3.05) is 33.2 Å². The molecular weight excluding hydrogens is 406 g/mol. The van der Waals surface area contributed by atoms with Gasteiger partial charge >= 0.3 is 0 Å². The van der Waals surface area contributed by atoms with Gasteiger partial charge in [0.05, 0.1) is 6.42 Å².